The Morgan fingerprint density at radius 1 is 1.38 bits per heavy atom. The Hall–Kier alpha value is -1.81. The monoisotopic (exact) mass is 327 g/mol. The van der Waals surface area contributed by atoms with Crippen LogP contribution in [0.3, 0.4) is 0 Å². The fraction of sp³-hybridized carbons (Fsp3) is 0.364. The molecule has 0 amide bonds. The second-order valence-corrected chi connectivity index (χ2v) is 5.82. The summed E-state index contributed by atoms with van der Waals surface area (Å²) in [5.41, 5.74) is -2.41. The molecule has 2 N–H and O–H groups in total. The predicted molar refractivity (Wildman–Crippen MR) is 67.7 cm³/mol. The van der Waals surface area contributed by atoms with E-state index in [-0.39, 0.29) is 6.61 Å². The van der Waals surface area contributed by atoms with Crippen LogP contribution >= 0.6 is 0 Å². The number of methoxy groups -OCH3 is 1. The number of nitrogens with one attached hydrogen (secondary N) is 1. The first-order valence-electron chi connectivity index (χ1n) is 5.51. The molecule has 10 heteroatoms. The molecule has 0 aliphatic heterocycles. The van der Waals surface area contributed by atoms with Gasteiger partial charge in [-0.1, -0.05) is 0 Å². The lowest BCUT2D eigenvalue weighted by atomic mass is 10.1. The highest BCUT2D eigenvalue weighted by atomic mass is 32.2. The molecule has 1 aromatic rings. The van der Waals surface area contributed by atoms with Crippen LogP contribution in [0.1, 0.15) is 15.9 Å². The topological polar surface area (TPSA) is 92.7 Å². The van der Waals surface area contributed by atoms with Crippen LogP contribution < -0.4 is 4.72 Å². The number of rotatable bonds is 6. The maximum Gasteiger partial charge on any atom is 0.416 e. The van der Waals surface area contributed by atoms with Gasteiger partial charge >= 0.3 is 12.1 Å². The third-order valence-corrected chi connectivity index (χ3v) is 3.63. The molecule has 1 aromatic carbocycles. The smallest absolute Gasteiger partial charge is 0.416 e. The van der Waals surface area contributed by atoms with Crippen LogP contribution in [0.2, 0.25) is 0 Å². The summed E-state index contributed by atoms with van der Waals surface area (Å²) in [4.78, 5) is 11.0. The number of ether oxygens (including phenoxy) is 1. The minimum absolute atomic E-state index is 0.141. The lowest BCUT2D eigenvalue weighted by Crippen LogP contribution is -2.21. The second kappa shape index (κ2) is 6.31. The molecule has 6 nitrogen and oxygen atoms in total. The molecular formula is C11H12F3NO5S. The van der Waals surface area contributed by atoms with Crippen molar-refractivity contribution in [3.63, 3.8) is 0 Å². The van der Waals surface area contributed by atoms with Gasteiger partial charge in [0.05, 0.1) is 29.2 Å². The van der Waals surface area contributed by atoms with E-state index in [1.165, 1.54) is 7.11 Å². The summed E-state index contributed by atoms with van der Waals surface area (Å²) in [5, 5.41) is 8.90. The third-order valence-electron chi connectivity index (χ3n) is 2.40. The Morgan fingerprint density at radius 3 is 2.48 bits per heavy atom. The van der Waals surface area contributed by atoms with Crippen molar-refractivity contribution in [3.8, 4) is 0 Å². The molecule has 0 aliphatic rings. The molecule has 0 saturated heterocycles. The summed E-state index contributed by atoms with van der Waals surface area (Å²) in [6.07, 6.45) is -4.72. The van der Waals surface area contributed by atoms with E-state index in [2.05, 4.69) is 4.74 Å². The molecule has 1 rings (SSSR count). The van der Waals surface area contributed by atoms with Gasteiger partial charge in [0, 0.05) is 7.11 Å². The quantitative estimate of drug-likeness (QED) is 0.831. The number of carboxylic acid groups (broad SMARTS) is 1. The summed E-state index contributed by atoms with van der Waals surface area (Å²) in [6, 6.07) is 1.73. The number of anilines is 1. The molecule has 0 unspecified atom stereocenters. The van der Waals surface area contributed by atoms with E-state index in [1.54, 1.807) is 0 Å². The van der Waals surface area contributed by atoms with Crippen molar-refractivity contribution in [2.75, 3.05) is 24.2 Å². The van der Waals surface area contributed by atoms with Gasteiger partial charge in [-0.3, -0.25) is 4.72 Å². The average Bonchev–Trinajstić information content (AvgIpc) is 2.34. The van der Waals surface area contributed by atoms with Crippen LogP contribution in [-0.2, 0) is 20.9 Å². The van der Waals surface area contributed by atoms with Crippen molar-refractivity contribution in [1.29, 1.82) is 0 Å². The minimum atomic E-state index is -4.72. The highest BCUT2D eigenvalue weighted by Gasteiger charge is 2.32. The normalized spacial score (nSPS) is 12.2. The fourth-order valence-corrected chi connectivity index (χ4v) is 2.40. The number of alkyl halides is 3. The maximum atomic E-state index is 12.5. The number of aromatic carboxylic acids is 1. The highest BCUT2D eigenvalue weighted by Crippen LogP contribution is 2.32. The minimum Gasteiger partial charge on any atom is -0.478 e. The van der Waals surface area contributed by atoms with Crippen molar-refractivity contribution >= 4 is 21.7 Å². The SMILES string of the molecule is COCCS(=O)(=O)Nc1ccc(C(F)(F)F)cc1C(=O)O. The first kappa shape index (κ1) is 17.2. The number of sulfonamides is 1. The lowest BCUT2D eigenvalue weighted by molar-refractivity contribution is -0.137. The molecule has 0 aliphatic carbocycles. The van der Waals surface area contributed by atoms with Gasteiger partial charge in [-0.25, -0.2) is 13.2 Å². The van der Waals surface area contributed by atoms with Crippen LogP contribution in [0.25, 0.3) is 0 Å². The maximum absolute atomic E-state index is 12.5. The molecule has 0 atom stereocenters. The van der Waals surface area contributed by atoms with E-state index in [0.717, 1.165) is 6.07 Å². The number of hydrogen-bond acceptors (Lipinski definition) is 4. The van der Waals surface area contributed by atoms with Crippen molar-refractivity contribution < 1.29 is 36.2 Å². The number of halogens is 3. The van der Waals surface area contributed by atoms with Gasteiger partial charge in [0.25, 0.3) is 0 Å². The summed E-state index contributed by atoms with van der Waals surface area (Å²) >= 11 is 0. The van der Waals surface area contributed by atoms with Crippen molar-refractivity contribution in [3.05, 3.63) is 29.3 Å². The van der Waals surface area contributed by atoms with E-state index in [0.29, 0.717) is 12.1 Å². The molecule has 0 radical (unpaired) electrons. The van der Waals surface area contributed by atoms with Crippen LogP contribution in [0.5, 0.6) is 0 Å². The van der Waals surface area contributed by atoms with Gasteiger partial charge in [-0.05, 0) is 18.2 Å². The molecule has 0 saturated carbocycles. The number of hydrogen-bond donors (Lipinski definition) is 2. The lowest BCUT2D eigenvalue weighted by Gasteiger charge is -2.13. The van der Waals surface area contributed by atoms with Crippen molar-refractivity contribution in [2.24, 2.45) is 0 Å². The van der Waals surface area contributed by atoms with Gasteiger partial charge in [0.15, 0.2) is 0 Å². The Bertz CT molecular complexity index is 627. The second-order valence-electron chi connectivity index (χ2n) is 3.98. The summed E-state index contributed by atoms with van der Waals surface area (Å²) in [6.45, 7) is -0.141. The van der Waals surface area contributed by atoms with E-state index in [9.17, 15) is 26.4 Å². The van der Waals surface area contributed by atoms with Crippen molar-refractivity contribution in [2.45, 2.75) is 6.18 Å². The van der Waals surface area contributed by atoms with Crippen LogP contribution in [0.4, 0.5) is 18.9 Å². The van der Waals surface area contributed by atoms with Gasteiger partial charge in [-0.15, -0.1) is 0 Å². The van der Waals surface area contributed by atoms with E-state index in [4.69, 9.17) is 5.11 Å². The molecule has 0 aromatic heterocycles. The molecule has 21 heavy (non-hydrogen) atoms. The molecular weight excluding hydrogens is 315 g/mol. The molecule has 0 bridgehead atoms. The third kappa shape index (κ3) is 4.90. The number of carbonyl (C=O) groups is 1. The van der Waals surface area contributed by atoms with Crippen LogP contribution in [0, 0.1) is 0 Å². The summed E-state index contributed by atoms with van der Waals surface area (Å²) in [5.74, 6) is -2.13. The zero-order valence-corrected chi connectivity index (χ0v) is 11.6. The standard InChI is InChI=1S/C11H12F3NO5S/c1-20-4-5-21(18,19)15-9-3-2-7(11(12,13)14)6-8(9)10(16)17/h2-3,6,15H,4-5H2,1H3,(H,16,17). The van der Waals surface area contributed by atoms with Crippen molar-refractivity contribution in [1.82, 2.24) is 0 Å². The Kier molecular flexibility index (Phi) is 5.18. The number of benzene rings is 1. The van der Waals surface area contributed by atoms with Gasteiger partial charge in [0.1, 0.15) is 0 Å². The van der Waals surface area contributed by atoms with Gasteiger partial charge < -0.3 is 9.84 Å². The molecule has 118 valence electrons. The molecule has 0 fully saturated rings. The first-order chi connectivity index (χ1) is 9.57. The average molecular weight is 327 g/mol. The van der Waals surface area contributed by atoms with E-state index >= 15 is 0 Å². The Labute approximate surface area is 118 Å². The highest BCUT2D eigenvalue weighted by molar-refractivity contribution is 7.92. The van der Waals surface area contributed by atoms with E-state index < -0.39 is 44.7 Å². The fourth-order valence-electron chi connectivity index (χ4n) is 1.40. The zero-order chi connectivity index (χ0) is 16.3. The largest absolute Gasteiger partial charge is 0.478 e. The van der Waals surface area contributed by atoms with E-state index in [1.807, 2.05) is 4.72 Å². The zero-order valence-electron chi connectivity index (χ0n) is 10.8. The summed E-state index contributed by atoms with van der Waals surface area (Å²) < 4.78 is 67.3. The Balaban J connectivity index is 3.17. The summed E-state index contributed by atoms with van der Waals surface area (Å²) in [7, 11) is -2.65. The Morgan fingerprint density at radius 2 is 2.00 bits per heavy atom. The van der Waals surface area contributed by atoms with Crippen LogP contribution in [-0.4, -0.2) is 39.0 Å². The van der Waals surface area contributed by atoms with Gasteiger partial charge in [0.2, 0.25) is 10.0 Å². The van der Waals surface area contributed by atoms with Crippen LogP contribution in [0.15, 0.2) is 18.2 Å². The first-order valence-corrected chi connectivity index (χ1v) is 7.16. The molecule has 0 spiro atoms. The predicted octanol–water partition coefficient (Wildman–Crippen LogP) is 1.79. The molecule has 0 heterocycles. The van der Waals surface area contributed by atoms with Gasteiger partial charge in [-0.2, -0.15) is 13.2 Å². The number of carboxylic acids is 1.